The minimum Gasteiger partial charge on any atom is -0.421 e. The first-order valence-electron chi connectivity index (χ1n) is 8.19. The van der Waals surface area contributed by atoms with Crippen LogP contribution in [0.15, 0.2) is 28.7 Å². The molecule has 7 nitrogen and oxygen atoms in total. The van der Waals surface area contributed by atoms with Crippen molar-refractivity contribution in [2.45, 2.75) is 32.2 Å². The van der Waals surface area contributed by atoms with Gasteiger partial charge in [-0.3, -0.25) is 4.79 Å². The summed E-state index contributed by atoms with van der Waals surface area (Å²) in [4.78, 5) is 13.8. The summed E-state index contributed by atoms with van der Waals surface area (Å²) < 4.78 is 28.7. The van der Waals surface area contributed by atoms with E-state index in [2.05, 4.69) is 10.2 Å². The molecule has 2 aromatic rings. The van der Waals surface area contributed by atoms with Gasteiger partial charge in [-0.05, 0) is 25.5 Å². The number of hydrogen-bond acceptors (Lipinski definition) is 6. The van der Waals surface area contributed by atoms with E-state index in [4.69, 9.17) is 4.42 Å². The van der Waals surface area contributed by atoms with Crippen LogP contribution in [0.5, 0.6) is 0 Å². The van der Waals surface area contributed by atoms with E-state index in [1.54, 1.807) is 7.05 Å². The Balaban J connectivity index is 1.57. The molecule has 0 bridgehead atoms. The van der Waals surface area contributed by atoms with Crippen molar-refractivity contribution in [3.8, 4) is 11.5 Å². The van der Waals surface area contributed by atoms with Crippen LogP contribution in [0.25, 0.3) is 11.5 Å². The second-order valence-corrected chi connectivity index (χ2v) is 8.66. The lowest BCUT2D eigenvalue weighted by Crippen LogP contribution is -2.37. The third-order valence-corrected chi connectivity index (χ3v) is 6.22. The molecule has 2 heterocycles. The smallest absolute Gasteiger partial charge is 0.247 e. The molecule has 0 N–H and O–H groups in total. The standard InChI is InChI=1S/C17H21N3O4S/c1-12-3-5-13(6-4-12)17-19-18-15(24-17)7-8-16(21)20(2)14-9-10-25(22,23)11-14/h3-6,14H,7-11H2,1-2H3. The zero-order chi connectivity index (χ0) is 18.0. The number of aryl methyl sites for hydroxylation is 2. The Bertz CT molecular complexity index is 858. The predicted molar refractivity (Wildman–Crippen MR) is 92.6 cm³/mol. The van der Waals surface area contributed by atoms with Crippen LogP contribution in [-0.2, 0) is 21.1 Å². The highest BCUT2D eigenvalue weighted by Crippen LogP contribution is 2.20. The van der Waals surface area contributed by atoms with Gasteiger partial charge in [-0.1, -0.05) is 17.7 Å². The molecule has 134 valence electrons. The molecule has 0 aliphatic carbocycles. The lowest BCUT2D eigenvalue weighted by atomic mass is 10.1. The maximum Gasteiger partial charge on any atom is 0.247 e. The average molecular weight is 363 g/mol. The predicted octanol–water partition coefficient (Wildman–Crippen LogP) is 1.62. The molecule has 1 amide bonds. The summed E-state index contributed by atoms with van der Waals surface area (Å²) in [5, 5.41) is 8.00. The fraction of sp³-hybridized carbons (Fsp3) is 0.471. The number of carbonyl (C=O) groups is 1. The summed E-state index contributed by atoms with van der Waals surface area (Å²) in [5.74, 6) is 0.915. The number of amides is 1. The molecular weight excluding hydrogens is 342 g/mol. The van der Waals surface area contributed by atoms with Crippen molar-refractivity contribution in [3.05, 3.63) is 35.7 Å². The van der Waals surface area contributed by atoms with Crippen molar-refractivity contribution in [1.82, 2.24) is 15.1 Å². The fourth-order valence-corrected chi connectivity index (χ4v) is 4.62. The number of nitrogens with zero attached hydrogens (tertiary/aromatic N) is 3. The second-order valence-electron chi connectivity index (χ2n) is 6.43. The van der Waals surface area contributed by atoms with Crippen molar-refractivity contribution in [1.29, 1.82) is 0 Å². The molecule has 1 aliphatic heterocycles. The third-order valence-electron chi connectivity index (χ3n) is 4.47. The Morgan fingerprint density at radius 1 is 1.28 bits per heavy atom. The van der Waals surface area contributed by atoms with Gasteiger partial charge in [0.25, 0.3) is 0 Å². The molecule has 1 unspecified atom stereocenters. The summed E-state index contributed by atoms with van der Waals surface area (Å²) in [5.41, 5.74) is 1.98. The zero-order valence-electron chi connectivity index (χ0n) is 14.3. The van der Waals surface area contributed by atoms with E-state index < -0.39 is 9.84 Å². The van der Waals surface area contributed by atoms with Crippen molar-refractivity contribution >= 4 is 15.7 Å². The highest BCUT2D eigenvalue weighted by molar-refractivity contribution is 7.91. The van der Waals surface area contributed by atoms with Gasteiger partial charge in [-0.15, -0.1) is 10.2 Å². The Kier molecular flexibility index (Phi) is 4.89. The van der Waals surface area contributed by atoms with Gasteiger partial charge in [0, 0.05) is 31.5 Å². The molecule has 1 saturated heterocycles. The van der Waals surface area contributed by atoms with Gasteiger partial charge in [-0.2, -0.15) is 0 Å². The Morgan fingerprint density at radius 2 is 2.00 bits per heavy atom. The van der Waals surface area contributed by atoms with E-state index in [0.29, 0.717) is 24.6 Å². The molecule has 3 rings (SSSR count). The van der Waals surface area contributed by atoms with Gasteiger partial charge >= 0.3 is 0 Å². The molecular formula is C17H21N3O4S. The first-order valence-corrected chi connectivity index (χ1v) is 10.0. The van der Waals surface area contributed by atoms with Crippen LogP contribution >= 0.6 is 0 Å². The van der Waals surface area contributed by atoms with Gasteiger partial charge in [0.05, 0.1) is 11.5 Å². The highest BCUT2D eigenvalue weighted by atomic mass is 32.2. The maximum atomic E-state index is 12.3. The topological polar surface area (TPSA) is 93.4 Å². The number of rotatable bonds is 5. The van der Waals surface area contributed by atoms with Crippen LogP contribution in [0.1, 0.15) is 24.3 Å². The van der Waals surface area contributed by atoms with Crippen LogP contribution in [0, 0.1) is 6.92 Å². The number of aromatic nitrogens is 2. The first kappa shape index (κ1) is 17.6. The molecule has 1 fully saturated rings. The SMILES string of the molecule is Cc1ccc(-c2nnc(CCC(=O)N(C)C3CCS(=O)(=O)C3)o2)cc1. The summed E-state index contributed by atoms with van der Waals surface area (Å²) in [6.07, 6.45) is 1.05. The minimum atomic E-state index is -3.01. The van der Waals surface area contributed by atoms with Gasteiger partial charge < -0.3 is 9.32 Å². The average Bonchev–Trinajstić information content (AvgIpc) is 3.19. The molecule has 25 heavy (non-hydrogen) atoms. The Labute approximate surface area is 147 Å². The van der Waals surface area contributed by atoms with Gasteiger partial charge in [-0.25, -0.2) is 8.42 Å². The van der Waals surface area contributed by atoms with E-state index >= 15 is 0 Å². The maximum absolute atomic E-state index is 12.3. The molecule has 1 aromatic heterocycles. The van der Waals surface area contributed by atoms with Crippen LogP contribution in [0.4, 0.5) is 0 Å². The van der Waals surface area contributed by atoms with E-state index in [1.807, 2.05) is 31.2 Å². The summed E-state index contributed by atoms with van der Waals surface area (Å²) in [7, 11) is -1.35. The zero-order valence-corrected chi connectivity index (χ0v) is 15.1. The normalized spacial score (nSPS) is 19.0. The summed E-state index contributed by atoms with van der Waals surface area (Å²) >= 11 is 0. The van der Waals surface area contributed by atoms with Crippen molar-refractivity contribution < 1.29 is 17.6 Å². The molecule has 8 heteroatoms. The van der Waals surface area contributed by atoms with Gasteiger partial charge in [0.2, 0.25) is 17.7 Å². The van der Waals surface area contributed by atoms with E-state index in [9.17, 15) is 13.2 Å². The first-order chi connectivity index (χ1) is 11.8. The number of hydrogen-bond donors (Lipinski definition) is 0. The Morgan fingerprint density at radius 3 is 2.64 bits per heavy atom. The largest absolute Gasteiger partial charge is 0.421 e. The minimum absolute atomic E-state index is 0.0490. The van der Waals surface area contributed by atoms with Crippen molar-refractivity contribution in [2.24, 2.45) is 0 Å². The monoisotopic (exact) mass is 363 g/mol. The Hall–Kier alpha value is -2.22. The van der Waals surface area contributed by atoms with E-state index in [1.165, 1.54) is 4.90 Å². The third kappa shape index (κ3) is 4.25. The molecule has 1 aliphatic rings. The van der Waals surface area contributed by atoms with Crippen LogP contribution in [0.3, 0.4) is 0 Å². The van der Waals surface area contributed by atoms with Gasteiger partial charge in [0.15, 0.2) is 9.84 Å². The number of benzene rings is 1. The number of sulfone groups is 1. The number of carbonyl (C=O) groups excluding carboxylic acids is 1. The molecule has 0 radical (unpaired) electrons. The summed E-state index contributed by atoms with van der Waals surface area (Å²) in [6.45, 7) is 2.00. The molecule has 1 aromatic carbocycles. The molecule has 1 atom stereocenters. The lowest BCUT2D eigenvalue weighted by molar-refractivity contribution is -0.131. The van der Waals surface area contributed by atoms with E-state index in [-0.39, 0.29) is 29.9 Å². The lowest BCUT2D eigenvalue weighted by Gasteiger charge is -2.23. The van der Waals surface area contributed by atoms with Crippen LogP contribution < -0.4 is 0 Å². The van der Waals surface area contributed by atoms with E-state index in [0.717, 1.165) is 11.1 Å². The van der Waals surface area contributed by atoms with Crippen molar-refractivity contribution in [3.63, 3.8) is 0 Å². The van der Waals surface area contributed by atoms with Gasteiger partial charge in [0.1, 0.15) is 0 Å². The quantitative estimate of drug-likeness (QED) is 0.801. The summed E-state index contributed by atoms with van der Waals surface area (Å²) in [6, 6.07) is 7.52. The van der Waals surface area contributed by atoms with Crippen molar-refractivity contribution in [2.75, 3.05) is 18.6 Å². The van der Waals surface area contributed by atoms with Crippen LogP contribution in [0.2, 0.25) is 0 Å². The van der Waals surface area contributed by atoms with Crippen LogP contribution in [-0.4, -0.2) is 54.0 Å². The highest BCUT2D eigenvalue weighted by Gasteiger charge is 2.32. The second kappa shape index (κ2) is 6.95. The fourth-order valence-electron chi connectivity index (χ4n) is 2.84. The molecule has 0 spiro atoms. The molecule has 0 saturated carbocycles.